The number of para-hydroxylation sites is 1. The second-order valence-electron chi connectivity index (χ2n) is 8.87. The van der Waals surface area contributed by atoms with Crippen molar-refractivity contribution in [3.63, 3.8) is 0 Å². The number of carbonyl (C=O) groups excluding carboxylic acids is 2. The number of rotatable bonds is 5. The van der Waals surface area contributed by atoms with Gasteiger partial charge in [-0.25, -0.2) is 4.79 Å². The summed E-state index contributed by atoms with van der Waals surface area (Å²) in [7, 11) is 0. The number of amides is 2. The first-order chi connectivity index (χ1) is 16.9. The SMILES string of the molecule is CCN1CC(C=O)C(c2cc(-c3ccccc3Cl)c3c(c2)N(c2c(Cl)cccc2Cl)C(=O)NC3)C1. The summed E-state index contributed by atoms with van der Waals surface area (Å²) in [6.07, 6.45) is 1.05. The van der Waals surface area contributed by atoms with Gasteiger partial charge in [-0.3, -0.25) is 4.90 Å². The Kier molecular flexibility index (Phi) is 6.78. The number of hydrogen-bond donors (Lipinski definition) is 1. The molecule has 2 amide bonds. The first-order valence-corrected chi connectivity index (χ1v) is 12.7. The highest BCUT2D eigenvalue weighted by Gasteiger charge is 2.36. The molecule has 2 unspecified atom stereocenters. The van der Waals surface area contributed by atoms with Gasteiger partial charge < -0.3 is 15.0 Å². The van der Waals surface area contributed by atoms with Crippen LogP contribution >= 0.6 is 34.8 Å². The Labute approximate surface area is 219 Å². The second kappa shape index (κ2) is 9.82. The minimum absolute atomic E-state index is 0.00690. The quantitative estimate of drug-likeness (QED) is 0.366. The van der Waals surface area contributed by atoms with Crippen LogP contribution in [-0.4, -0.2) is 36.9 Å². The fourth-order valence-electron chi connectivity index (χ4n) is 5.14. The summed E-state index contributed by atoms with van der Waals surface area (Å²) in [5, 5.41) is 4.31. The molecule has 0 spiro atoms. The lowest BCUT2D eigenvalue weighted by Gasteiger charge is -2.34. The Morgan fingerprint density at radius 2 is 1.69 bits per heavy atom. The number of urea groups is 1. The van der Waals surface area contributed by atoms with Gasteiger partial charge in [0.25, 0.3) is 0 Å². The Hall–Kier alpha value is -2.57. The van der Waals surface area contributed by atoms with Crippen LogP contribution in [0.1, 0.15) is 24.0 Å². The van der Waals surface area contributed by atoms with E-state index in [2.05, 4.69) is 23.2 Å². The molecule has 1 fully saturated rings. The van der Waals surface area contributed by atoms with Gasteiger partial charge in [-0.1, -0.05) is 72.1 Å². The van der Waals surface area contributed by atoms with Gasteiger partial charge >= 0.3 is 6.03 Å². The second-order valence-corrected chi connectivity index (χ2v) is 10.1. The van der Waals surface area contributed by atoms with Gasteiger partial charge in [0.1, 0.15) is 6.29 Å². The largest absolute Gasteiger partial charge is 0.333 e. The molecule has 0 saturated carbocycles. The number of benzene rings is 3. The molecule has 2 aliphatic rings. The first kappa shape index (κ1) is 24.1. The molecule has 0 bridgehead atoms. The van der Waals surface area contributed by atoms with Crippen LogP contribution in [0.2, 0.25) is 15.1 Å². The van der Waals surface area contributed by atoms with E-state index in [1.165, 1.54) is 4.90 Å². The normalized spacial score (nSPS) is 20.0. The maximum atomic E-state index is 13.2. The Morgan fingerprint density at radius 1 is 0.971 bits per heavy atom. The van der Waals surface area contributed by atoms with E-state index in [4.69, 9.17) is 34.8 Å². The summed E-state index contributed by atoms with van der Waals surface area (Å²) in [6.45, 7) is 4.77. The number of anilines is 2. The van der Waals surface area contributed by atoms with E-state index in [1.807, 2.05) is 30.3 Å². The minimum Gasteiger partial charge on any atom is -0.333 e. The highest BCUT2D eigenvalue weighted by molar-refractivity contribution is 6.40. The van der Waals surface area contributed by atoms with Gasteiger partial charge in [0.15, 0.2) is 0 Å². The van der Waals surface area contributed by atoms with Crippen molar-refractivity contribution in [2.45, 2.75) is 19.4 Å². The molecule has 2 aliphatic heterocycles. The molecule has 1 N–H and O–H groups in total. The molecule has 8 heteroatoms. The van der Waals surface area contributed by atoms with Gasteiger partial charge in [0.2, 0.25) is 0 Å². The molecule has 3 aromatic rings. The van der Waals surface area contributed by atoms with Crippen molar-refractivity contribution in [1.82, 2.24) is 10.2 Å². The number of fused-ring (bicyclic) bond motifs is 1. The van der Waals surface area contributed by atoms with Crippen LogP contribution in [0.3, 0.4) is 0 Å². The third kappa shape index (κ3) is 4.31. The van der Waals surface area contributed by atoms with Crippen LogP contribution in [0, 0.1) is 5.92 Å². The molecule has 5 nitrogen and oxygen atoms in total. The molecular weight excluding hydrogens is 505 g/mol. The summed E-state index contributed by atoms with van der Waals surface area (Å²) in [4.78, 5) is 29.1. The Morgan fingerprint density at radius 3 is 2.37 bits per heavy atom. The fraction of sp³-hybridized carbons (Fsp3) is 0.259. The van der Waals surface area contributed by atoms with Gasteiger partial charge in [-0.05, 0) is 41.9 Å². The minimum atomic E-state index is -0.316. The summed E-state index contributed by atoms with van der Waals surface area (Å²) in [5.41, 5.74) is 4.78. The molecule has 5 rings (SSSR count). The van der Waals surface area contributed by atoms with Crippen LogP contribution in [-0.2, 0) is 11.3 Å². The lowest BCUT2D eigenvalue weighted by molar-refractivity contribution is -0.111. The van der Waals surface area contributed by atoms with Crippen LogP contribution in [0.4, 0.5) is 16.2 Å². The van der Waals surface area contributed by atoms with Gasteiger partial charge in [0.05, 0.1) is 21.4 Å². The van der Waals surface area contributed by atoms with Crippen LogP contribution in [0.15, 0.2) is 54.6 Å². The number of carbonyl (C=O) groups is 2. The molecule has 1 saturated heterocycles. The molecule has 2 atom stereocenters. The third-order valence-corrected chi connectivity index (χ3v) is 7.86. The summed E-state index contributed by atoms with van der Waals surface area (Å²) >= 11 is 19.7. The van der Waals surface area contributed by atoms with Crippen LogP contribution in [0.25, 0.3) is 11.1 Å². The molecule has 2 heterocycles. The monoisotopic (exact) mass is 527 g/mol. The van der Waals surface area contributed by atoms with E-state index in [0.29, 0.717) is 39.5 Å². The predicted molar refractivity (Wildman–Crippen MR) is 142 cm³/mol. The Balaban J connectivity index is 1.77. The summed E-state index contributed by atoms with van der Waals surface area (Å²) < 4.78 is 0. The van der Waals surface area contributed by atoms with Crippen molar-refractivity contribution >= 4 is 58.5 Å². The Bertz CT molecular complexity index is 1290. The smallest absolute Gasteiger partial charge is 0.326 e. The predicted octanol–water partition coefficient (Wildman–Crippen LogP) is 6.91. The van der Waals surface area contributed by atoms with Crippen LogP contribution < -0.4 is 10.2 Å². The molecule has 35 heavy (non-hydrogen) atoms. The zero-order valence-electron chi connectivity index (χ0n) is 19.1. The molecular formula is C27H24Cl3N3O2. The van der Waals surface area contributed by atoms with E-state index in [-0.39, 0.29) is 17.9 Å². The van der Waals surface area contributed by atoms with Crippen molar-refractivity contribution in [1.29, 1.82) is 0 Å². The lowest BCUT2D eigenvalue weighted by atomic mass is 9.85. The number of likely N-dealkylation sites (N-methyl/N-ethyl adjacent to an activating group) is 1. The maximum absolute atomic E-state index is 13.2. The van der Waals surface area contributed by atoms with Gasteiger partial charge in [-0.15, -0.1) is 0 Å². The van der Waals surface area contributed by atoms with Crippen molar-refractivity contribution in [3.8, 4) is 11.1 Å². The van der Waals surface area contributed by atoms with E-state index in [1.54, 1.807) is 18.2 Å². The zero-order chi connectivity index (χ0) is 24.7. The number of nitrogens with one attached hydrogen (secondary N) is 1. The van der Waals surface area contributed by atoms with Gasteiger partial charge in [-0.2, -0.15) is 0 Å². The first-order valence-electron chi connectivity index (χ1n) is 11.5. The van der Waals surface area contributed by atoms with Gasteiger partial charge in [0, 0.05) is 47.6 Å². The highest BCUT2D eigenvalue weighted by atomic mass is 35.5. The fourth-order valence-corrected chi connectivity index (χ4v) is 5.94. The van der Waals surface area contributed by atoms with E-state index in [0.717, 1.165) is 41.6 Å². The van der Waals surface area contributed by atoms with Crippen molar-refractivity contribution < 1.29 is 9.59 Å². The molecule has 180 valence electrons. The highest BCUT2D eigenvalue weighted by Crippen LogP contribution is 2.46. The standard InChI is InChI=1S/C27H24Cl3N3O2/c1-2-32-13-17(15-34)21(14-32)16-10-19(18-6-3-4-7-22(18)28)20-12-31-27(35)33(25(20)11-16)26-23(29)8-5-9-24(26)30/h3-11,15,17,21H,2,12-14H2,1H3,(H,31,35). The zero-order valence-corrected chi connectivity index (χ0v) is 21.4. The van der Waals surface area contributed by atoms with E-state index >= 15 is 0 Å². The number of nitrogens with zero attached hydrogens (tertiary/aromatic N) is 2. The van der Waals surface area contributed by atoms with E-state index in [9.17, 15) is 9.59 Å². The van der Waals surface area contributed by atoms with Crippen molar-refractivity contribution in [2.24, 2.45) is 5.92 Å². The van der Waals surface area contributed by atoms with Crippen LogP contribution in [0.5, 0.6) is 0 Å². The summed E-state index contributed by atoms with van der Waals surface area (Å²) in [5.74, 6) is -0.144. The topological polar surface area (TPSA) is 52.7 Å². The molecule has 0 aliphatic carbocycles. The molecule has 3 aromatic carbocycles. The van der Waals surface area contributed by atoms with Crippen molar-refractivity contribution in [3.05, 3.63) is 80.8 Å². The summed E-state index contributed by atoms with van der Waals surface area (Å²) in [6, 6.07) is 16.6. The average Bonchev–Trinajstić information content (AvgIpc) is 3.28. The number of likely N-dealkylation sites (tertiary alicyclic amines) is 1. The van der Waals surface area contributed by atoms with Crippen molar-refractivity contribution in [2.75, 3.05) is 24.5 Å². The number of aldehydes is 1. The number of halogens is 3. The van der Waals surface area contributed by atoms with E-state index < -0.39 is 0 Å². The average molecular weight is 529 g/mol. The maximum Gasteiger partial charge on any atom is 0.326 e. The molecule has 0 aromatic heterocycles. The molecule has 0 radical (unpaired) electrons. The number of hydrogen-bond acceptors (Lipinski definition) is 3. The third-order valence-electron chi connectivity index (χ3n) is 6.93. The lowest BCUT2D eigenvalue weighted by Crippen LogP contribution is -2.42.